The molecule has 1 aromatic carbocycles. The van der Waals surface area contributed by atoms with Gasteiger partial charge in [-0.25, -0.2) is 0 Å². The Labute approximate surface area is 153 Å². The zero-order valence-corrected chi connectivity index (χ0v) is 16.2. The maximum absolute atomic E-state index is 6.20. The van der Waals surface area contributed by atoms with Crippen LogP contribution in [0.5, 0.6) is 0 Å². The molecular formula is C21H35N3O. The van der Waals surface area contributed by atoms with Crippen LogP contribution in [0.4, 0.5) is 0 Å². The number of likely N-dealkylation sites (N-methyl/N-ethyl adjacent to an activating group) is 1. The van der Waals surface area contributed by atoms with Gasteiger partial charge in [-0.15, -0.1) is 0 Å². The van der Waals surface area contributed by atoms with Crippen LogP contribution in [0.3, 0.4) is 0 Å². The molecule has 25 heavy (non-hydrogen) atoms. The van der Waals surface area contributed by atoms with E-state index in [1.165, 1.54) is 44.3 Å². The molecule has 0 amide bonds. The van der Waals surface area contributed by atoms with Gasteiger partial charge in [-0.3, -0.25) is 15.1 Å². The van der Waals surface area contributed by atoms with Crippen LogP contribution < -0.4 is 5.32 Å². The molecule has 0 aliphatic carbocycles. The highest BCUT2D eigenvalue weighted by molar-refractivity contribution is 5.14. The SMILES string of the molecule is CC(C)OC1CCCNC1N(C)C1CCN(Cc2ccccc2)CC1. The summed E-state index contributed by atoms with van der Waals surface area (Å²) in [6.07, 6.45) is 5.87. The lowest BCUT2D eigenvalue weighted by Crippen LogP contribution is -2.59. The average Bonchev–Trinajstić information content (AvgIpc) is 2.63. The summed E-state index contributed by atoms with van der Waals surface area (Å²) < 4.78 is 6.20. The summed E-state index contributed by atoms with van der Waals surface area (Å²) in [6.45, 7) is 8.86. The number of hydrogen-bond acceptors (Lipinski definition) is 4. The van der Waals surface area contributed by atoms with Crippen LogP contribution in [0.2, 0.25) is 0 Å². The van der Waals surface area contributed by atoms with E-state index in [4.69, 9.17) is 4.74 Å². The summed E-state index contributed by atoms with van der Waals surface area (Å²) in [6, 6.07) is 11.5. The molecule has 4 nitrogen and oxygen atoms in total. The number of hydrogen-bond donors (Lipinski definition) is 1. The highest BCUT2D eigenvalue weighted by Gasteiger charge is 2.34. The Kier molecular flexibility index (Phi) is 6.88. The van der Waals surface area contributed by atoms with E-state index in [0.29, 0.717) is 24.4 Å². The summed E-state index contributed by atoms with van der Waals surface area (Å²) in [5, 5.41) is 3.71. The third kappa shape index (κ3) is 5.27. The molecule has 4 heteroatoms. The normalized spacial score (nSPS) is 26.4. The molecule has 0 aromatic heterocycles. The van der Waals surface area contributed by atoms with Gasteiger partial charge in [0.25, 0.3) is 0 Å². The smallest absolute Gasteiger partial charge is 0.0867 e. The maximum atomic E-state index is 6.20. The van der Waals surface area contributed by atoms with Gasteiger partial charge in [0.05, 0.1) is 18.4 Å². The largest absolute Gasteiger partial charge is 0.373 e. The minimum atomic E-state index is 0.300. The standard InChI is InChI=1S/C21H35N3O/c1-17(2)25-20-10-7-13-22-21(20)23(3)19-11-14-24(15-12-19)16-18-8-5-4-6-9-18/h4-6,8-9,17,19-22H,7,10-16H2,1-3H3. The molecule has 2 fully saturated rings. The quantitative estimate of drug-likeness (QED) is 0.857. The van der Waals surface area contributed by atoms with Crippen molar-refractivity contribution in [3.05, 3.63) is 35.9 Å². The Balaban J connectivity index is 1.51. The molecule has 2 atom stereocenters. The van der Waals surface area contributed by atoms with E-state index in [9.17, 15) is 0 Å². The minimum Gasteiger partial charge on any atom is -0.373 e. The van der Waals surface area contributed by atoms with Crippen LogP contribution in [0.15, 0.2) is 30.3 Å². The van der Waals surface area contributed by atoms with Crippen molar-refractivity contribution in [2.45, 2.75) is 70.5 Å². The number of rotatable bonds is 6. The third-order valence-electron chi connectivity index (χ3n) is 5.64. The van der Waals surface area contributed by atoms with Crippen molar-refractivity contribution in [3.8, 4) is 0 Å². The molecule has 2 aliphatic heterocycles. The van der Waals surface area contributed by atoms with E-state index >= 15 is 0 Å². The van der Waals surface area contributed by atoms with Crippen LogP contribution in [0, 0.1) is 0 Å². The Morgan fingerprint density at radius 1 is 1.16 bits per heavy atom. The first-order valence-corrected chi connectivity index (χ1v) is 10.0. The van der Waals surface area contributed by atoms with Crippen molar-refractivity contribution in [2.24, 2.45) is 0 Å². The molecular weight excluding hydrogens is 310 g/mol. The summed E-state index contributed by atoms with van der Waals surface area (Å²) in [5.74, 6) is 0. The highest BCUT2D eigenvalue weighted by atomic mass is 16.5. The van der Waals surface area contributed by atoms with E-state index in [1.54, 1.807) is 0 Å². The lowest BCUT2D eigenvalue weighted by molar-refractivity contribution is -0.0789. The zero-order chi connectivity index (χ0) is 17.6. The average molecular weight is 346 g/mol. The van der Waals surface area contributed by atoms with Crippen molar-refractivity contribution >= 4 is 0 Å². The van der Waals surface area contributed by atoms with Gasteiger partial charge in [-0.05, 0) is 71.8 Å². The van der Waals surface area contributed by atoms with Gasteiger partial charge in [-0.1, -0.05) is 30.3 Å². The zero-order valence-electron chi connectivity index (χ0n) is 16.2. The fourth-order valence-electron chi connectivity index (χ4n) is 4.29. The van der Waals surface area contributed by atoms with E-state index in [-0.39, 0.29) is 0 Å². The van der Waals surface area contributed by atoms with Crippen LogP contribution in [-0.2, 0) is 11.3 Å². The summed E-state index contributed by atoms with van der Waals surface area (Å²) in [7, 11) is 2.29. The van der Waals surface area contributed by atoms with E-state index < -0.39 is 0 Å². The van der Waals surface area contributed by atoms with Gasteiger partial charge in [0.2, 0.25) is 0 Å². The predicted molar refractivity (Wildman–Crippen MR) is 104 cm³/mol. The molecule has 2 heterocycles. The highest BCUT2D eigenvalue weighted by Crippen LogP contribution is 2.23. The van der Waals surface area contributed by atoms with Crippen molar-refractivity contribution in [1.82, 2.24) is 15.1 Å². The Bertz CT molecular complexity index is 499. The van der Waals surface area contributed by atoms with Gasteiger partial charge in [0.15, 0.2) is 0 Å². The second kappa shape index (κ2) is 9.13. The number of benzene rings is 1. The fourth-order valence-corrected chi connectivity index (χ4v) is 4.29. The maximum Gasteiger partial charge on any atom is 0.0867 e. The van der Waals surface area contributed by atoms with E-state index in [0.717, 1.165) is 13.1 Å². The number of ether oxygens (including phenoxy) is 1. The van der Waals surface area contributed by atoms with Crippen LogP contribution in [0.25, 0.3) is 0 Å². The monoisotopic (exact) mass is 345 g/mol. The van der Waals surface area contributed by atoms with Crippen LogP contribution in [-0.4, -0.2) is 60.9 Å². The van der Waals surface area contributed by atoms with Crippen molar-refractivity contribution in [2.75, 3.05) is 26.7 Å². The Morgan fingerprint density at radius 3 is 2.56 bits per heavy atom. The molecule has 3 rings (SSSR count). The predicted octanol–water partition coefficient (Wildman–Crippen LogP) is 3.09. The van der Waals surface area contributed by atoms with E-state index in [2.05, 4.69) is 66.3 Å². The number of likely N-dealkylation sites (tertiary alicyclic amines) is 1. The second-order valence-corrected chi connectivity index (χ2v) is 7.92. The number of nitrogens with one attached hydrogen (secondary N) is 1. The molecule has 2 aliphatic rings. The van der Waals surface area contributed by atoms with Gasteiger partial charge < -0.3 is 4.74 Å². The van der Waals surface area contributed by atoms with Gasteiger partial charge in [-0.2, -0.15) is 0 Å². The van der Waals surface area contributed by atoms with Gasteiger partial charge >= 0.3 is 0 Å². The van der Waals surface area contributed by atoms with E-state index in [1.807, 2.05) is 0 Å². The summed E-state index contributed by atoms with van der Waals surface area (Å²) in [4.78, 5) is 5.15. The van der Waals surface area contributed by atoms with Crippen LogP contribution in [0.1, 0.15) is 45.1 Å². The Hall–Kier alpha value is -0.940. The lowest BCUT2D eigenvalue weighted by Gasteiger charge is -2.45. The third-order valence-corrected chi connectivity index (χ3v) is 5.64. The molecule has 1 aromatic rings. The lowest BCUT2D eigenvalue weighted by atomic mass is 9.99. The number of nitrogens with zero attached hydrogens (tertiary/aromatic N) is 2. The molecule has 140 valence electrons. The van der Waals surface area contributed by atoms with Crippen molar-refractivity contribution in [3.63, 3.8) is 0 Å². The molecule has 0 saturated carbocycles. The minimum absolute atomic E-state index is 0.300. The second-order valence-electron chi connectivity index (χ2n) is 7.92. The Morgan fingerprint density at radius 2 is 1.88 bits per heavy atom. The first-order valence-electron chi connectivity index (χ1n) is 10.0. The molecule has 2 unspecified atom stereocenters. The first-order chi connectivity index (χ1) is 12.1. The fraction of sp³-hybridized carbons (Fsp3) is 0.714. The number of piperidine rings is 2. The summed E-state index contributed by atoms with van der Waals surface area (Å²) >= 11 is 0. The molecule has 0 spiro atoms. The van der Waals surface area contributed by atoms with Gasteiger partial charge in [0, 0.05) is 12.6 Å². The molecule has 0 radical (unpaired) electrons. The summed E-state index contributed by atoms with van der Waals surface area (Å²) in [5.41, 5.74) is 1.42. The molecule has 1 N–H and O–H groups in total. The first kappa shape index (κ1) is 18.8. The molecule has 0 bridgehead atoms. The topological polar surface area (TPSA) is 27.7 Å². The molecule has 2 saturated heterocycles. The van der Waals surface area contributed by atoms with Gasteiger partial charge in [0.1, 0.15) is 0 Å². The van der Waals surface area contributed by atoms with Crippen molar-refractivity contribution in [1.29, 1.82) is 0 Å². The van der Waals surface area contributed by atoms with Crippen LogP contribution >= 0.6 is 0 Å². The van der Waals surface area contributed by atoms with Crippen molar-refractivity contribution < 1.29 is 4.74 Å².